The summed E-state index contributed by atoms with van der Waals surface area (Å²) in [6.07, 6.45) is 4.87. The van der Waals surface area contributed by atoms with E-state index in [4.69, 9.17) is 12.2 Å². The molecule has 0 spiro atoms. The summed E-state index contributed by atoms with van der Waals surface area (Å²) in [4.78, 5) is 14.2. The van der Waals surface area contributed by atoms with Crippen molar-refractivity contribution in [1.29, 1.82) is 0 Å². The van der Waals surface area contributed by atoms with Crippen LogP contribution >= 0.6 is 12.2 Å². The van der Waals surface area contributed by atoms with Crippen LogP contribution in [-0.4, -0.2) is 31.2 Å². The van der Waals surface area contributed by atoms with E-state index in [1.54, 1.807) is 6.07 Å². The number of nitrogens with one attached hydrogen (secondary N) is 3. The monoisotopic (exact) mass is 334 g/mol. The molecule has 0 aromatic heterocycles. The summed E-state index contributed by atoms with van der Waals surface area (Å²) in [5.74, 6) is 0.408. The SMILES string of the molecule is CC1CCCCC1NC(=S)NNC(=O)c1cccc(N(C)C)c1. The van der Waals surface area contributed by atoms with Gasteiger partial charge in [0.05, 0.1) is 0 Å². The van der Waals surface area contributed by atoms with Crippen LogP contribution in [0.4, 0.5) is 5.69 Å². The molecule has 6 heteroatoms. The molecule has 2 rings (SSSR count). The Kier molecular flexibility index (Phi) is 6.21. The number of amides is 1. The molecule has 0 radical (unpaired) electrons. The van der Waals surface area contributed by atoms with Crippen LogP contribution in [-0.2, 0) is 0 Å². The molecule has 0 aliphatic heterocycles. The second-order valence-corrected chi connectivity index (χ2v) is 6.77. The van der Waals surface area contributed by atoms with Gasteiger partial charge in [0, 0.05) is 31.4 Å². The molecule has 1 aromatic carbocycles. The first-order valence-electron chi connectivity index (χ1n) is 8.11. The van der Waals surface area contributed by atoms with Crippen LogP contribution < -0.4 is 21.1 Å². The van der Waals surface area contributed by atoms with E-state index in [2.05, 4.69) is 23.1 Å². The summed E-state index contributed by atoms with van der Waals surface area (Å²) in [6, 6.07) is 7.84. The van der Waals surface area contributed by atoms with Gasteiger partial charge in [-0.05, 0) is 49.2 Å². The Balaban J connectivity index is 1.84. The number of nitrogens with zero attached hydrogens (tertiary/aromatic N) is 1. The Hall–Kier alpha value is -1.82. The Labute approximate surface area is 143 Å². The molecule has 0 bridgehead atoms. The quantitative estimate of drug-likeness (QED) is 0.585. The minimum atomic E-state index is -0.199. The van der Waals surface area contributed by atoms with Gasteiger partial charge in [-0.1, -0.05) is 25.8 Å². The molecular formula is C17H26N4OS. The average molecular weight is 334 g/mol. The number of carbonyl (C=O) groups is 1. The maximum atomic E-state index is 12.2. The third-order valence-electron chi connectivity index (χ3n) is 4.34. The Morgan fingerprint density at radius 2 is 1.96 bits per heavy atom. The van der Waals surface area contributed by atoms with Crippen molar-refractivity contribution in [2.75, 3.05) is 19.0 Å². The molecule has 1 aromatic rings. The van der Waals surface area contributed by atoms with Crippen molar-refractivity contribution in [3.8, 4) is 0 Å². The Bertz CT molecular complexity index is 561. The summed E-state index contributed by atoms with van der Waals surface area (Å²) in [7, 11) is 3.89. The molecular weight excluding hydrogens is 308 g/mol. The van der Waals surface area contributed by atoms with Gasteiger partial charge in [0.25, 0.3) is 5.91 Å². The molecule has 0 saturated heterocycles. The van der Waals surface area contributed by atoms with Crippen molar-refractivity contribution >= 4 is 28.9 Å². The Morgan fingerprint density at radius 3 is 2.65 bits per heavy atom. The predicted octanol–water partition coefficient (Wildman–Crippen LogP) is 2.44. The van der Waals surface area contributed by atoms with Crippen molar-refractivity contribution in [2.24, 2.45) is 5.92 Å². The van der Waals surface area contributed by atoms with Crippen molar-refractivity contribution in [3.63, 3.8) is 0 Å². The lowest BCUT2D eigenvalue weighted by Crippen LogP contribution is -2.51. The summed E-state index contributed by atoms with van der Waals surface area (Å²) in [5, 5.41) is 3.78. The van der Waals surface area contributed by atoms with Crippen LogP contribution in [0.5, 0.6) is 0 Å². The first kappa shape index (κ1) is 17.5. The summed E-state index contributed by atoms with van der Waals surface area (Å²) < 4.78 is 0. The lowest BCUT2D eigenvalue weighted by Gasteiger charge is -2.30. The van der Waals surface area contributed by atoms with Gasteiger partial charge < -0.3 is 10.2 Å². The molecule has 23 heavy (non-hydrogen) atoms. The van der Waals surface area contributed by atoms with Gasteiger partial charge in [0.2, 0.25) is 0 Å². The molecule has 1 aliphatic carbocycles. The van der Waals surface area contributed by atoms with Crippen molar-refractivity contribution in [2.45, 2.75) is 38.6 Å². The van der Waals surface area contributed by atoms with Gasteiger partial charge in [-0.15, -0.1) is 0 Å². The number of carbonyl (C=O) groups excluding carboxylic acids is 1. The number of anilines is 1. The van der Waals surface area contributed by atoms with Gasteiger partial charge in [-0.25, -0.2) is 0 Å². The van der Waals surface area contributed by atoms with Gasteiger partial charge in [0.1, 0.15) is 0 Å². The summed E-state index contributed by atoms with van der Waals surface area (Å²) in [6.45, 7) is 2.24. The van der Waals surface area contributed by atoms with E-state index >= 15 is 0 Å². The topological polar surface area (TPSA) is 56.4 Å². The second kappa shape index (κ2) is 8.15. The highest BCUT2D eigenvalue weighted by molar-refractivity contribution is 7.80. The van der Waals surface area contributed by atoms with Crippen LogP contribution in [0.25, 0.3) is 0 Å². The van der Waals surface area contributed by atoms with Gasteiger partial charge in [0.15, 0.2) is 5.11 Å². The Morgan fingerprint density at radius 1 is 1.22 bits per heavy atom. The fourth-order valence-corrected chi connectivity index (χ4v) is 3.05. The zero-order valence-electron chi connectivity index (χ0n) is 14.1. The van der Waals surface area contributed by atoms with E-state index in [1.807, 2.05) is 37.2 Å². The molecule has 1 fully saturated rings. The fourth-order valence-electron chi connectivity index (χ4n) is 2.85. The van der Waals surface area contributed by atoms with Crippen LogP contribution in [0, 0.1) is 5.92 Å². The predicted molar refractivity (Wildman–Crippen MR) is 98.5 cm³/mol. The molecule has 5 nitrogen and oxygen atoms in total. The van der Waals surface area contributed by atoms with Crippen LogP contribution in [0.2, 0.25) is 0 Å². The molecule has 1 amide bonds. The minimum absolute atomic E-state index is 0.199. The largest absolute Gasteiger partial charge is 0.378 e. The second-order valence-electron chi connectivity index (χ2n) is 6.37. The van der Waals surface area contributed by atoms with Crippen molar-refractivity contribution in [1.82, 2.24) is 16.2 Å². The third-order valence-corrected chi connectivity index (χ3v) is 4.56. The van der Waals surface area contributed by atoms with E-state index in [0.717, 1.165) is 12.1 Å². The molecule has 1 saturated carbocycles. The maximum Gasteiger partial charge on any atom is 0.269 e. The molecule has 2 unspecified atom stereocenters. The lowest BCUT2D eigenvalue weighted by molar-refractivity contribution is 0.0943. The van der Waals surface area contributed by atoms with Gasteiger partial charge >= 0.3 is 0 Å². The van der Waals surface area contributed by atoms with Crippen molar-refractivity contribution in [3.05, 3.63) is 29.8 Å². The maximum absolute atomic E-state index is 12.2. The normalized spacial score (nSPS) is 20.5. The van der Waals surface area contributed by atoms with Crippen LogP contribution in [0.3, 0.4) is 0 Å². The van der Waals surface area contributed by atoms with Gasteiger partial charge in [-0.2, -0.15) is 0 Å². The van der Waals surface area contributed by atoms with E-state index in [9.17, 15) is 4.79 Å². The lowest BCUT2D eigenvalue weighted by atomic mass is 9.86. The summed E-state index contributed by atoms with van der Waals surface area (Å²) >= 11 is 5.28. The third kappa shape index (κ3) is 5.10. The number of benzene rings is 1. The molecule has 1 aliphatic rings. The van der Waals surface area contributed by atoms with Crippen molar-refractivity contribution < 1.29 is 4.79 Å². The highest BCUT2D eigenvalue weighted by Gasteiger charge is 2.21. The molecule has 3 N–H and O–H groups in total. The zero-order chi connectivity index (χ0) is 16.8. The number of thiocarbonyl (C=S) groups is 1. The van der Waals surface area contributed by atoms with E-state index in [0.29, 0.717) is 22.6 Å². The number of hydrogen-bond donors (Lipinski definition) is 3. The average Bonchev–Trinajstić information content (AvgIpc) is 2.55. The van der Waals surface area contributed by atoms with E-state index in [1.165, 1.54) is 19.3 Å². The molecule has 2 atom stereocenters. The standard InChI is InChI=1S/C17H26N4OS/c1-12-7-4-5-10-15(12)18-17(23)20-19-16(22)13-8-6-9-14(11-13)21(2)3/h6,8-9,11-12,15H,4-5,7,10H2,1-3H3,(H,19,22)(H2,18,20,23). The number of rotatable bonds is 3. The molecule has 126 valence electrons. The van der Waals surface area contributed by atoms with Crippen LogP contribution in [0.15, 0.2) is 24.3 Å². The highest BCUT2D eigenvalue weighted by Crippen LogP contribution is 2.23. The first-order valence-corrected chi connectivity index (χ1v) is 8.52. The number of hydrogen-bond acceptors (Lipinski definition) is 3. The first-order chi connectivity index (χ1) is 11.0. The molecule has 0 heterocycles. The highest BCUT2D eigenvalue weighted by atomic mass is 32.1. The van der Waals surface area contributed by atoms with E-state index < -0.39 is 0 Å². The van der Waals surface area contributed by atoms with Crippen LogP contribution in [0.1, 0.15) is 43.0 Å². The van der Waals surface area contributed by atoms with E-state index in [-0.39, 0.29) is 5.91 Å². The smallest absolute Gasteiger partial charge is 0.269 e. The minimum Gasteiger partial charge on any atom is -0.378 e. The summed E-state index contributed by atoms with van der Waals surface area (Å²) in [5.41, 5.74) is 7.04. The fraction of sp³-hybridized carbons (Fsp3) is 0.529. The zero-order valence-corrected chi connectivity index (χ0v) is 14.9. The number of hydrazine groups is 1. The van der Waals surface area contributed by atoms with Gasteiger partial charge in [-0.3, -0.25) is 15.6 Å².